The van der Waals surface area contributed by atoms with Gasteiger partial charge in [0.15, 0.2) is 0 Å². The molecule has 1 amide bonds. The topological polar surface area (TPSA) is 106 Å². The molecule has 0 spiro atoms. The number of anilines is 1. The molecule has 2 N–H and O–H groups in total. The Morgan fingerprint density at radius 2 is 2.03 bits per heavy atom. The Balaban J connectivity index is 1.41. The zero-order valence-corrected chi connectivity index (χ0v) is 20.2. The molecule has 0 unspecified atom stereocenters. The van der Waals surface area contributed by atoms with Crippen LogP contribution in [0.4, 0.5) is 5.69 Å². The molecule has 9 heteroatoms. The van der Waals surface area contributed by atoms with Crippen LogP contribution in [0.15, 0.2) is 41.2 Å². The first kappa shape index (κ1) is 23.2. The fraction of sp³-hybridized carbons (Fsp3) is 0.423. The first-order chi connectivity index (χ1) is 16.9. The van der Waals surface area contributed by atoms with Crippen LogP contribution in [0.2, 0.25) is 0 Å². The molecule has 2 aliphatic heterocycles. The third-order valence-corrected chi connectivity index (χ3v) is 7.17. The Labute approximate surface area is 203 Å². The molecule has 0 aliphatic carbocycles. The average Bonchev–Trinajstić information content (AvgIpc) is 3.21. The van der Waals surface area contributed by atoms with Crippen LogP contribution in [0.25, 0.3) is 10.9 Å². The van der Waals surface area contributed by atoms with Crippen LogP contribution >= 0.6 is 0 Å². The summed E-state index contributed by atoms with van der Waals surface area (Å²) in [7, 11) is 1.57. The molecule has 9 nitrogen and oxygen atoms in total. The van der Waals surface area contributed by atoms with Gasteiger partial charge in [-0.1, -0.05) is 6.07 Å². The third-order valence-electron chi connectivity index (χ3n) is 7.17. The van der Waals surface area contributed by atoms with E-state index in [9.17, 15) is 14.4 Å². The van der Waals surface area contributed by atoms with Gasteiger partial charge in [-0.3, -0.25) is 14.5 Å². The maximum Gasteiger partial charge on any atom is 0.356 e. The number of ether oxygens (including phenoxy) is 2. The SMILES string of the molecule is CCOC(=O)c1[nH]c2ccc(OC)cc2c1NC(=O)[C@H](C)N1C[C@H]2C[C@@H](C1)c1cccc(=O)n1C2. The average molecular weight is 479 g/mol. The van der Waals surface area contributed by atoms with Crippen LogP contribution in [0.3, 0.4) is 0 Å². The molecule has 5 rings (SSSR count). The van der Waals surface area contributed by atoms with Crippen LogP contribution in [0.1, 0.15) is 42.4 Å². The van der Waals surface area contributed by atoms with Crippen LogP contribution in [-0.4, -0.2) is 59.2 Å². The van der Waals surface area contributed by atoms with Gasteiger partial charge in [-0.25, -0.2) is 4.79 Å². The molecule has 1 saturated heterocycles. The molecule has 35 heavy (non-hydrogen) atoms. The summed E-state index contributed by atoms with van der Waals surface area (Å²) in [5.74, 6) is 0.404. The number of carbonyl (C=O) groups excluding carboxylic acids is 2. The van der Waals surface area contributed by atoms with E-state index in [0.29, 0.717) is 41.3 Å². The molecule has 3 atom stereocenters. The van der Waals surface area contributed by atoms with Crippen molar-refractivity contribution in [3.63, 3.8) is 0 Å². The van der Waals surface area contributed by atoms with E-state index >= 15 is 0 Å². The van der Waals surface area contributed by atoms with Crippen molar-refractivity contribution >= 4 is 28.5 Å². The van der Waals surface area contributed by atoms with Gasteiger partial charge in [-0.2, -0.15) is 0 Å². The largest absolute Gasteiger partial charge is 0.497 e. The van der Waals surface area contributed by atoms with Crippen LogP contribution < -0.4 is 15.6 Å². The summed E-state index contributed by atoms with van der Waals surface area (Å²) >= 11 is 0. The minimum atomic E-state index is -0.528. The molecule has 3 aromatic rings. The number of fused-ring (bicyclic) bond motifs is 5. The number of piperidine rings is 1. The number of nitrogens with one attached hydrogen (secondary N) is 2. The highest BCUT2D eigenvalue weighted by Gasteiger charge is 2.37. The van der Waals surface area contributed by atoms with Crippen LogP contribution in [-0.2, 0) is 16.1 Å². The fourth-order valence-corrected chi connectivity index (χ4v) is 5.43. The van der Waals surface area contributed by atoms with E-state index in [2.05, 4.69) is 15.2 Å². The van der Waals surface area contributed by atoms with Crippen LogP contribution in [0, 0.1) is 5.92 Å². The number of pyridine rings is 1. The number of methoxy groups -OCH3 is 1. The zero-order chi connectivity index (χ0) is 24.7. The van der Waals surface area contributed by atoms with Crippen molar-refractivity contribution in [1.82, 2.24) is 14.5 Å². The Bertz CT molecular complexity index is 1340. The number of hydrogen-bond acceptors (Lipinski definition) is 6. The number of nitrogens with zero attached hydrogens (tertiary/aromatic N) is 2. The van der Waals surface area contributed by atoms with Crippen molar-refractivity contribution < 1.29 is 19.1 Å². The molecule has 1 fully saturated rings. The number of hydrogen-bond donors (Lipinski definition) is 2. The van der Waals surface area contributed by atoms with E-state index in [0.717, 1.165) is 18.7 Å². The second-order valence-corrected chi connectivity index (χ2v) is 9.32. The second kappa shape index (κ2) is 9.22. The quantitative estimate of drug-likeness (QED) is 0.528. The third kappa shape index (κ3) is 4.20. The molecule has 2 bridgehead atoms. The van der Waals surface area contributed by atoms with Gasteiger partial charge in [0.05, 0.1) is 25.4 Å². The lowest BCUT2D eigenvalue weighted by Crippen LogP contribution is -2.52. The van der Waals surface area contributed by atoms with E-state index in [1.54, 1.807) is 38.3 Å². The lowest BCUT2D eigenvalue weighted by Gasteiger charge is -2.44. The van der Waals surface area contributed by atoms with E-state index in [1.165, 1.54) is 0 Å². The molecule has 4 heterocycles. The summed E-state index contributed by atoms with van der Waals surface area (Å²) in [6.45, 7) is 5.95. The number of carbonyl (C=O) groups is 2. The highest BCUT2D eigenvalue weighted by atomic mass is 16.5. The summed E-state index contributed by atoms with van der Waals surface area (Å²) in [6.07, 6.45) is 1.02. The Hall–Kier alpha value is -3.59. The molecule has 2 aliphatic rings. The highest BCUT2D eigenvalue weighted by molar-refractivity contribution is 6.12. The van der Waals surface area contributed by atoms with Gasteiger partial charge in [0, 0.05) is 48.2 Å². The normalized spacial score (nSPS) is 20.2. The van der Waals surface area contributed by atoms with Gasteiger partial charge >= 0.3 is 5.97 Å². The van der Waals surface area contributed by atoms with Gasteiger partial charge < -0.3 is 24.3 Å². The summed E-state index contributed by atoms with van der Waals surface area (Å²) in [4.78, 5) is 43.7. The first-order valence-electron chi connectivity index (χ1n) is 12.0. The molecule has 0 radical (unpaired) electrons. The maximum absolute atomic E-state index is 13.5. The van der Waals surface area contributed by atoms with Gasteiger partial charge in [-0.05, 0) is 50.5 Å². The van der Waals surface area contributed by atoms with Gasteiger partial charge in [0.25, 0.3) is 5.56 Å². The van der Waals surface area contributed by atoms with Crippen molar-refractivity contribution in [2.45, 2.75) is 38.8 Å². The van der Waals surface area contributed by atoms with Gasteiger partial charge in [-0.15, -0.1) is 0 Å². The van der Waals surface area contributed by atoms with E-state index in [1.807, 2.05) is 23.6 Å². The molecule has 2 aromatic heterocycles. The predicted octanol–water partition coefficient (Wildman–Crippen LogP) is 2.96. The van der Waals surface area contributed by atoms with E-state index in [4.69, 9.17) is 9.47 Å². The molecular weight excluding hydrogens is 448 g/mol. The minimum Gasteiger partial charge on any atom is -0.497 e. The second-order valence-electron chi connectivity index (χ2n) is 9.32. The van der Waals surface area contributed by atoms with Gasteiger partial charge in [0.2, 0.25) is 5.91 Å². The van der Waals surface area contributed by atoms with E-state index in [-0.39, 0.29) is 29.7 Å². The summed E-state index contributed by atoms with van der Waals surface area (Å²) in [6, 6.07) is 10.4. The smallest absolute Gasteiger partial charge is 0.356 e. The standard InChI is InChI=1S/C26H30N4O5/c1-4-35-26(33)24-23(19-11-18(34-3)8-9-20(19)27-24)28-25(32)15(2)29-12-16-10-17(14-29)21-6-5-7-22(31)30(21)13-16/h5-9,11,15-17,27H,4,10,12-14H2,1-3H3,(H,28,32)/t15-,16+,17-/m0/s1. The highest BCUT2D eigenvalue weighted by Crippen LogP contribution is 2.36. The van der Waals surface area contributed by atoms with E-state index < -0.39 is 12.0 Å². The maximum atomic E-state index is 13.5. The number of aromatic nitrogens is 2. The van der Waals surface area contributed by atoms with Crippen molar-refractivity contribution in [2.24, 2.45) is 5.92 Å². The minimum absolute atomic E-state index is 0.0395. The molecule has 1 aromatic carbocycles. The van der Waals surface area contributed by atoms with Crippen molar-refractivity contribution in [2.75, 3.05) is 32.1 Å². The first-order valence-corrected chi connectivity index (χ1v) is 12.0. The summed E-state index contributed by atoms with van der Waals surface area (Å²) in [5, 5.41) is 3.67. The monoisotopic (exact) mass is 478 g/mol. The Morgan fingerprint density at radius 3 is 2.80 bits per heavy atom. The number of likely N-dealkylation sites (tertiary alicyclic amines) is 1. The fourth-order valence-electron chi connectivity index (χ4n) is 5.43. The number of amides is 1. The van der Waals surface area contributed by atoms with Crippen molar-refractivity contribution in [3.05, 3.63) is 58.1 Å². The van der Waals surface area contributed by atoms with Crippen LogP contribution in [0.5, 0.6) is 5.75 Å². The number of rotatable bonds is 6. The van der Waals surface area contributed by atoms with Crippen molar-refractivity contribution in [1.29, 1.82) is 0 Å². The number of esters is 1. The number of H-pyrrole nitrogens is 1. The molecular formula is C26H30N4O5. The molecule has 0 saturated carbocycles. The zero-order valence-electron chi connectivity index (χ0n) is 20.2. The summed E-state index contributed by atoms with van der Waals surface area (Å²) in [5.41, 5.74) is 2.38. The predicted molar refractivity (Wildman–Crippen MR) is 132 cm³/mol. The summed E-state index contributed by atoms with van der Waals surface area (Å²) < 4.78 is 12.4. The van der Waals surface area contributed by atoms with Gasteiger partial charge in [0.1, 0.15) is 11.4 Å². The lowest BCUT2D eigenvalue weighted by atomic mass is 9.82. The number of benzene rings is 1. The van der Waals surface area contributed by atoms with Crippen molar-refractivity contribution in [3.8, 4) is 5.75 Å². The molecule has 184 valence electrons. The number of aromatic amines is 1. The lowest BCUT2D eigenvalue weighted by molar-refractivity contribution is -0.121. The Kier molecular flexibility index (Phi) is 6.10. The Morgan fingerprint density at radius 1 is 1.20 bits per heavy atom.